The van der Waals surface area contributed by atoms with Crippen molar-refractivity contribution in [2.45, 2.75) is 6.92 Å². The number of rotatable bonds is 7. The molecule has 0 aliphatic heterocycles. The second-order valence-electron chi connectivity index (χ2n) is 5.35. The monoisotopic (exact) mass is 389 g/mol. The molecule has 0 atom stereocenters. The van der Waals surface area contributed by atoms with Crippen molar-refractivity contribution in [2.75, 3.05) is 26.1 Å². The Hall–Kier alpha value is -2.99. The summed E-state index contributed by atoms with van der Waals surface area (Å²) in [5.74, 6) is 0.339. The molecule has 0 aliphatic rings. The minimum atomic E-state index is -0.467. The molecule has 0 heterocycles. The number of amides is 1. The summed E-state index contributed by atoms with van der Waals surface area (Å²) >= 11 is 6.13. The van der Waals surface area contributed by atoms with Gasteiger partial charge >= 0.3 is 5.97 Å². The molecular weight excluding hydrogens is 370 g/mol. The zero-order chi connectivity index (χ0) is 19.8. The maximum atomic E-state index is 12.1. The van der Waals surface area contributed by atoms with Crippen LogP contribution >= 0.6 is 11.6 Å². The second kappa shape index (κ2) is 9.64. The molecule has 0 spiro atoms. The molecule has 142 valence electrons. The summed E-state index contributed by atoms with van der Waals surface area (Å²) in [5.41, 5.74) is 1.49. The quantitative estimate of drug-likeness (QED) is 0.567. The summed E-state index contributed by atoms with van der Waals surface area (Å²) in [4.78, 5) is 23.8. The van der Waals surface area contributed by atoms with Gasteiger partial charge in [-0.05, 0) is 48.9 Å². The largest absolute Gasteiger partial charge is 0.493 e. The van der Waals surface area contributed by atoms with E-state index in [2.05, 4.69) is 5.32 Å². The molecule has 0 unspecified atom stereocenters. The highest BCUT2D eigenvalue weighted by molar-refractivity contribution is 6.34. The fraction of sp³-hybridized carbons (Fsp3) is 0.200. The van der Waals surface area contributed by atoms with Crippen LogP contribution in [-0.2, 0) is 9.53 Å². The molecule has 6 nitrogen and oxygen atoms in total. The SMILES string of the molecule is CCOC(=O)c1ccc(NC(=O)/C=C/c2ccc(OC)c(OC)c2)c(Cl)c1. The molecule has 2 aromatic rings. The molecule has 0 aliphatic carbocycles. The number of carbonyl (C=O) groups excluding carboxylic acids is 2. The average molecular weight is 390 g/mol. The van der Waals surface area contributed by atoms with Crippen LogP contribution in [0.5, 0.6) is 11.5 Å². The third-order valence-corrected chi connectivity index (χ3v) is 3.89. The first kappa shape index (κ1) is 20.3. The van der Waals surface area contributed by atoms with E-state index in [1.54, 1.807) is 51.5 Å². The summed E-state index contributed by atoms with van der Waals surface area (Å²) < 4.78 is 15.3. The Labute approximate surface area is 162 Å². The van der Waals surface area contributed by atoms with Gasteiger partial charge in [0.2, 0.25) is 5.91 Å². The lowest BCUT2D eigenvalue weighted by molar-refractivity contribution is -0.111. The van der Waals surface area contributed by atoms with E-state index < -0.39 is 5.97 Å². The van der Waals surface area contributed by atoms with Crippen LogP contribution in [0.4, 0.5) is 5.69 Å². The first-order valence-corrected chi connectivity index (χ1v) is 8.54. The lowest BCUT2D eigenvalue weighted by Gasteiger charge is -2.08. The van der Waals surface area contributed by atoms with Crippen LogP contribution in [0.3, 0.4) is 0 Å². The number of ether oxygens (including phenoxy) is 3. The van der Waals surface area contributed by atoms with Crippen molar-refractivity contribution >= 4 is 35.2 Å². The summed E-state index contributed by atoms with van der Waals surface area (Å²) in [6, 6.07) is 9.85. The Kier molecular flexibility index (Phi) is 7.25. The van der Waals surface area contributed by atoms with Crippen molar-refractivity contribution in [1.29, 1.82) is 0 Å². The third-order valence-electron chi connectivity index (χ3n) is 3.57. The average Bonchev–Trinajstić information content (AvgIpc) is 2.67. The molecule has 1 amide bonds. The fourth-order valence-electron chi connectivity index (χ4n) is 2.26. The number of benzene rings is 2. The van der Waals surface area contributed by atoms with Gasteiger partial charge in [-0.1, -0.05) is 17.7 Å². The number of nitrogens with one attached hydrogen (secondary N) is 1. The maximum absolute atomic E-state index is 12.1. The predicted molar refractivity (Wildman–Crippen MR) is 105 cm³/mol. The van der Waals surface area contributed by atoms with E-state index in [1.807, 2.05) is 0 Å². The van der Waals surface area contributed by atoms with Crippen LogP contribution < -0.4 is 14.8 Å². The van der Waals surface area contributed by atoms with Gasteiger partial charge in [0.1, 0.15) is 0 Å². The van der Waals surface area contributed by atoms with E-state index in [4.69, 9.17) is 25.8 Å². The van der Waals surface area contributed by atoms with Crippen molar-refractivity contribution in [3.05, 3.63) is 58.6 Å². The van der Waals surface area contributed by atoms with Gasteiger partial charge in [0.15, 0.2) is 11.5 Å². The van der Waals surface area contributed by atoms with Crippen LogP contribution in [0.1, 0.15) is 22.8 Å². The number of methoxy groups -OCH3 is 2. The molecule has 27 heavy (non-hydrogen) atoms. The van der Waals surface area contributed by atoms with E-state index in [1.165, 1.54) is 18.2 Å². The molecule has 7 heteroatoms. The van der Waals surface area contributed by atoms with Gasteiger partial charge in [-0.3, -0.25) is 4.79 Å². The van der Waals surface area contributed by atoms with Crippen LogP contribution in [0.25, 0.3) is 6.08 Å². The molecule has 0 saturated carbocycles. The Morgan fingerprint density at radius 3 is 2.44 bits per heavy atom. The van der Waals surface area contributed by atoms with Gasteiger partial charge in [0.05, 0.1) is 37.1 Å². The normalized spacial score (nSPS) is 10.5. The van der Waals surface area contributed by atoms with Crippen molar-refractivity contribution in [3.63, 3.8) is 0 Å². The van der Waals surface area contributed by atoms with Crippen LogP contribution in [-0.4, -0.2) is 32.7 Å². The van der Waals surface area contributed by atoms with Crippen LogP contribution in [0.15, 0.2) is 42.5 Å². The highest BCUT2D eigenvalue weighted by atomic mass is 35.5. The number of hydrogen-bond donors (Lipinski definition) is 1. The van der Waals surface area contributed by atoms with Crippen molar-refractivity contribution in [2.24, 2.45) is 0 Å². The van der Waals surface area contributed by atoms with Crippen molar-refractivity contribution in [3.8, 4) is 11.5 Å². The highest BCUT2D eigenvalue weighted by Crippen LogP contribution is 2.28. The molecule has 2 rings (SSSR count). The summed E-state index contributed by atoms with van der Waals surface area (Å²) in [6.45, 7) is 1.99. The lowest BCUT2D eigenvalue weighted by Crippen LogP contribution is -2.09. The second-order valence-corrected chi connectivity index (χ2v) is 5.76. The molecule has 0 radical (unpaired) electrons. The molecule has 0 fully saturated rings. The summed E-state index contributed by atoms with van der Waals surface area (Å²) in [7, 11) is 3.10. The zero-order valence-corrected chi connectivity index (χ0v) is 16.0. The lowest BCUT2D eigenvalue weighted by atomic mass is 10.2. The highest BCUT2D eigenvalue weighted by Gasteiger charge is 2.10. The van der Waals surface area contributed by atoms with Crippen LogP contribution in [0.2, 0.25) is 5.02 Å². The van der Waals surface area contributed by atoms with E-state index in [0.717, 1.165) is 5.56 Å². The first-order chi connectivity index (χ1) is 13.0. The molecule has 0 aromatic heterocycles. The minimum absolute atomic E-state index is 0.244. The third kappa shape index (κ3) is 5.49. The van der Waals surface area contributed by atoms with Crippen LogP contribution in [0, 0.1) is 0 Å². The van der Waals surface area contributed by atoms with Gasteiger partial charge in [-0.2, -0.15) is 0 Å². The first-order valence-electron chi connectivity index (χ1n) is 8.16. The van der Waals surface area contributed by atoms with Gasteiger partial charge in [0.25, 0.3) is 0 Å². The maximum Gasteiger partial charge on any atom is 0.338 e. The van der Waals surface area contributed by atoms with Crippen molar-refractivity contribution < 1.29 is 23.8 Å². The van der Waals surface area contributed by atoms with Crippen molar-refractivity contribution in [1.82, 2.24) is 0 Å². The van der Waals surface area contributed by atoms with Gasteiger partial charge in [0, 0.05) is 6.08 Å². The topological polar surface area (TPSA) is 73.9 Å². The standard InChI is InChI=1S/C20H20ClNO5/c1-4-27-20(24)14-7-8-16(15(21)12-14)22-19(23)10-6-13-5-9-17(25-2)18(11-13)26-3/h5-12H,4H2,1-3H3,(H,22,23)/b10-6+. The van der Waals surface area contributed by atoms with E-state index in [-0.39, 0.29) is 17.5 Å². The van der Waals surface area contributed by atoms with E-state index in [9.17, 15) is 9.59 Å². The number of esters is 1. The van der Waals surface area contributed by atoms with Gasteiger partial charge in [-0.15, -0.1) is 0 Å². The molecule has 0 saturated heterocycles. The minimum Gasteiger partial charge on any atom is -0.493 e. The summed E-state index contributed by atoms with van der Waals surface area (Å²) in [5, 5.41) is 2.91. The zero-order valence-electron chi connectivity index (χ0n) is 15.2. The Balaban J connectivity index is 2.07. The molecule has 0 bridgehead atoms. The molecule has 2 aromatic carbocycles. The summed E-state index contributed by atoms with van der Waals surface area (Å²) in [6.07, 6.45) is 3.01. The van der Waals surface area contributed by atoms with E-state index in [0.29, 0.717) is 22.7 Å². The Morgan fingerprint density at radius 2 is 1.81 bits per heavy atom. The smallest absolute Gasteiger partial charge is 0.338 e. The molecule has 1 N–H and O–H groups in total. The number of hydrogen-bond acceptors (Lipinski definition) is 5. The van der Waals surface area contributed by atoms with Gasteiger partial charge in [-0.25, -0.2) is 4.79 Å². The number of carbonyl (C=O) groups is 2. The number of anilines is 1. The number of halogens is 1. The Morgan fingerprint density at radius 1 is 1.07 bits per heavy atom. The van der Waals surface area contributed by atoms with Gasteiger partial charge < -0.3 is 19.5 Å². The predicted octanol–water partition coefficient (Wildman–Crippen LogP) is 4.19. The fourth-order valence-corrected chi connectivity index (χ4v) is 2.49. The molecular formula is C20H20ClNO5. The Bertz CT molecular complexity index is 863. The van der Waals surface area contributed by atoms with E-state index >= 15 is 0 Å².